The van der Waals surface area contributed by atoms with Gasteiger partial charge in [-0.15, -0.1) is 0 Å². The van der Waals surface area contributed by atoms with Crippen LogP contribution in [-0.4, -0.2) is 124 Å². The predicted octanol–water partition coefficient (Wildman–Crippen LogP) is 1.38. The van der Waals surface area contributed by atoms with Crippen LogP contribution in [0.3, 0.4) is 0 Å². The zero-order valence-electron chi connectivity index (χ0n) is 30.7. The van der Waals surface area contributed by atoms with Gasteiger partial charge >= 0.3 is 45.5 Å². The number of hydrogen-bond donors (Lipinski definition) is 0. The SMILES string of the molecule is COc1ccc2[n-]c(S(=O)Cc3ncc(C)c(OC)c3C)nc2c1.COc1ccc2[n-]c(S(=O)Cc3ncc(C)c(OC)c3C)nc2c1.O.O.O.O.[Sr+2]. The van der Waals surface area contributed by atoms with Crippen molar-refractivity contribution in [3.05, 3.63) is 82.4 Å². The fourth-order valence-electron chi connectivity index (χ4n) is 5.11. The monoisotopic (exact) mass is 848 g/mol. The molecule has 6 aromatic rings. The van der Waals surface area contributed by atoms with Crippen molar-refractivity contribution < 1.29 is 49.3 Å². The van der Waals surface area contributed by atoms with Crippen molar-refractivity contribution in [1.82, 2.24) is 29.9 Å². The summed E-state index contributed by atoms with van der Waals surface area (Å²) in [7, 11) is 3.66. The quantitative estimate of drug-likeness (QED) is 0.177. The van der Waals surface area contributed by atoms with Crippen molar-refractivity contribution in [2.75, 3.05) is 28.4 Å². The molecule has 0 saturated heterocycles. The zero-order chi connectivity index (χ0) is 34.5. The van der Waals surface area contributed by atoms with Gasteiger partial charge in [0.05, 0.1) is 72.9 Å². The van der Waals surface area contributed by atoms with E-state index in [0.717, 1.165) is 45.1 Å². The number of benzene rings is 2. The first-order valence-corrected chi connectivity index (χ1v) is 17.4. The van der Waals surface area contributed by atoms with Crippen molar-refractivity contribution >= 4 is 89.1 Å². The van der Waals surface area contributed by atoms with Crippen LogP contribution in [0.2, 0.25) is 0 Å². The molecule has 0 fully saturated rings. The molecule has 53 heavy (non-hydrogen) atoms. The van der Waals surface area contributed by atoms with E-state index in [0.29, 0.717) is 43.9 Å². The Labute approximate surface area is 348 Å². The molecular weight excluding hydrogens is 804 g/mol. The summed E-state index contributed by atoms with van der Waals surface area (Å²) < 4.78 is 46.4. The maximum absolute atomic E-state index is 12.6. The molecule has 2 atom stereocenters. The minimum absolute atomic E-state index is 0. The van der Waals surface area contributed by atoms with Crippen LogP contribution in [0, 0.1) is 27.7 Å². The van der Waals surface area contributed by atoms with Gasteiger partial charge in [-0.3, -0.25) is 18.4 Å². The van der Waals surface area contributed by atoms with Gasteiger partial charge in [-0.25, -0.2) is 0 Å². The average Bonchev–Trinajstić information content (AvgIpc) is 3.72. The number of rotatable bonds is 10. The number of pyridine rings is 2. The third-order valence-electron chi connectivity index (χ3n) is 7.67. The first-order valence-electron chi connectivity index (χ1n) is 14.8. The molecular formula is C34H44N6O10S2Sr. The van der Waals surface area contributed by atoms with E-state index in [-0.39, 0.29) is 78.9 Å². The second-order valence-electron chi connectivity index (χ2n) is 10.8. The number of methoxy groups -OCH3 is 4. The van der Waals surface area contributed by atoms with Crippen molar-refractivity contribution in [3.8, 4) is 23.0 Å². The molecule has 2 unspecified atom stereocenters. The maximum Gasteiger partial charge on any atom is 2.00 e. The van der Waals surface area contributed by atoms with E-state index in [9.17, 15) is 8.42 Å². The molecule has 19 heteroatoms. The summed E-state index contributed by atoms with van der Waals surface area (Å²) in [5, 5.41) is 0.609. The number of nitrogens with zero attached hydrogens (tertiary/aromatic N) is 6. The number of fused-ring (bicyclic) bond motifs is 2. The van der Waals surface area contributed by atoms with Crippen LogP contribution < -0.4 is 28.9 Å². The number of hydrogen-bond acceptors (Lipinski definition) is 10. The number of ether oxygens (including phenoxy) is 4. The molecule has 0 spiro atoms. The Morgan fingerprint density at radius 2 is 0.943 bits per heavy atom. The van der Waals surface area contributed by atoms with Crippen LogP contribution in [0.5, 0.6) is 23.0 Å². The summed E-state index contributed by atoms with van der Waals surface area (Å²) in [6.45, 7) is 7.69. The van der Waals surface area contributed by atoms with Gasteiger partial charge < -0.3 is 60.8 Å². The average molecular weight is 849 g/mol. The molecule has 0 aliphatic rings. The zero-order valence-corrected chi connectivity index (χ0v) is 35.8. The third kappa shape index (κ3) is 11.3. The summed E-state index contributed by atoms with van der Waals surface area (Å²) in [5.74, 6) is 3.43. The van der Waals surface area contributed by atoms with Gasteiger partial charge in [0.1, 0.15) is 23.0 Å². The van der Waals surface area contributed by atoms with Gasteiger partial charge in [0, 0.05) is 45.0 Å². The normalized spacial score (nSPS) is 11.2. The largest absolute Gasteiger partial charge is 2.00 e. The van der Waals surface area contributed by atoms with E-state index in [1.54, 1.807) is 77.2 Å². The summed E-state index contributed by atoms with van der Waals surface area (Å²) in [5.41, 5.74) is 7.87. The smallest absolute Gasteiger partial charge is 0.497 e. The third-order valence-corrected chi connectivity index (χ3v) is 9.92. The first kappa shape index (κ1) is 49.5. The fraction of sp³-hybridized carbons (Fsp3) is 0.294. The van der Waals surface area contributed by atoms with E-state index in [1.807, 2.05) is 27.7 Å². The number of aryl methyl sites for hydroxylation is 2. The van der Waals surface area contributed by atoms with Gasteiger partial charge in [0.2, 0.25) is 0 Å². The maximum atomic E-state index is 12.6. The second kappa shape index (κ2) is 22.0. The van der Waals surface area contributed by atoms with E-state index in [2.05, 4.69) is 29.9 Å². The molecule has 0 aliphatic carbocycles. The second-order valence-corrected chi connectivity index (χ2v) is 13.5. The molecule has 2 aromatic carbocycles. The molecule has 0 saturated carbocycles. The number of aromatic nitrogens is 6. The van der Waals surface area contributed by atoms with Crippen LogP contribution >= 0.6 is 0 Å². The van der Waals surface area contributed by atoms with Crippen LogP contribution in [0.25, 0.3) is 22.1 Å². The summed E-state index contributed by atoms with van der Waals surface area (Å²) in [6, 6.07) is 10.8. The Hall–Kier alpha value is -3.50. The Morgan fingerprint density at radius 1 is 0.585 bits per heavy atom. The van der Waals surface area contributed by atoms with Gasteiger partial charge in [-0.2, -0.15) is 0 Å². The van der Waals surface area contributed by atoms with Crippen LogP contribution in [0.4, 0.5) is 0 Å². The van der Waals surface area contributed by atoms with E-state index < -0.39 is 21.6 Å². The first-order chi connectivity index (χ1) is 23.1. The predicted molar refractivity (Wildman–Crippen MR) is 204 cm³/mol. The van der Waals surface area contributed by atoms with E-state index in [1.165, 1.54) is 0 Å². The summed E-state index contributed by atoms with van der Waals surface area (Å²) in [4.78, 5) is 26.2. The minimum Gasteiger partial charge on any atom is -0.497 e. The molecule has 4 aromatic heterocycles. The Bertz CT molecular complexity index is 2010. The molecule has 284 valence electrons. The Kier molecular flexibility index (Phi) is 20.6. The van der Waals surface area contributed by atoms with Gasteiger partial charge in [0.25, 0.3) is 0 Å². The Balaban J connectivity index is 0.000000932. The van der Waals surface area contributed by atoms with Crippen molar-refractivity contribution in [2.24, 2.45) is 0 Å². The van der Waals surface area contributed by atoms with Gasteiger partial charge in [-0.1, -0.05) is 12.1 Å². The molecule has 4 heterocycles. The number of imidazole rings is 2. The summed E-state index contributed by atoms with van der Waals surface area (Å²) >= 11 is 0. The van der Waals surface area contributed by atoms with Crippen molar-refractivity contribution in [3.63, 3.8) is 0 Å². The minimum atomic E-state index is -1.38. The standard InChI is InChI=1S/2C17H18N3O3S.4H2O.Sr/c2*1-10-8-18-15(11(2)16(10)23-4)9-24(21)17-19-13-6-5-12(22-3)7-14(13)20-17;;;;;/h2*5-8H,9H2,1-4H3;4*1H2;/q2*-1;;;;;+2. The van der Waals surface area contributed by atoms with Gasteiger partial charge in [0.15, 0.2) is 0 Å². The molecule has 0 bridgehead atoms. The molecule has 0 amide bonds. The molecule has 0 aliphatic heterocycles. The van der Waals surface area contributed by atoms with Gasteiger partial charge in [-0.05, 0) is 74.0 Å². The van der Waals surface area contributed by atoms with Crippen molar-refractivity contribution in [2.45, 2.75) is 49.5 Å². The summed E-state index contributed by atoms with van der Waals surface area (Å²) in [6.07, 6.45) is 3.46. The Morgan fingerprint density at radius 3 is 1.26 bits per heavy atom. The fourth-order valence-corrected chi connectivity index (χ4v) is 7.24. The molecule has 8 N–H and O–H groups in total. The van der Waals surface area contributed by atoms with E-state index >= 15 is 0 Å². The molecule has 6 rings (SSSR count). The molecule has 0 radical (unpaired) electrons. The van der Waals surface area contributed by atoms with Crippen LogP contribution in [0.15, 0.2) is 59.1 Å². The topological polar surface area (TPSA) is 277 Å². The molecule has 16 nitrogen and oxygen atoms in total. The van der Waals surface area contributed by atoms with E-state index in [4.69, 9.17) is 18.9 Å². The van der Waals surface area contributed by atoms with Crippen LogP contribution in [-0.2, 0) is 33.1 Å². The van der Waals surface area contributed by atoms with Crippen molar-refractivity contribution in [1.29, 1.82) is 0 Å². The van der Waals surface area contributed by atoms with Crippen LogP contribution in [0.1, 0.15) is 33.6 Å².